The highest BCUT2D eigenvalue weighted by Crippen LogP contribution is 2.32. The molecule has 1 atom stereocenters. The normalized spacial score (nSPS) is 11.9. The molecular formula is C19H18N4O4S. The van der Waals surface area contributed by atoms with Crippen molar-refractivity contribution in [1.82, 2.24) is 14.9 Å². The first-order valence-corrected chi connectivity index (χ1v) is 9.56. The van der Waals surface area contributed by atoms with Crippen LogP contribution in [-0.2, 0) is 14.3 Å². The Hall–Kier alpha value is -3.12. The smallest absolute Gasteiger partial charge is 0.317 e. The van der Waals surface area contributed by atoms with Gasteiger partial charge >= 0.3 is 5.97 Å². The van der Waals surface area contributed by atoms with Crippen molar-refractivity contribution in [1.29, 1.82) is 5.26 Å². The average molecular weight is 398 g/mol. The fourth-order valence-electron chi connectivity index (χ4n) is 2.65. The lowest BCUT2D eigenvalue weighted by Crippen LogP contribution is -2.38. The second kappa shape index (κ2) is 8.71. The molecule has 0 saturated heterocycles. The van der Waals surface area contributed by atoms with Crippen LogP contribution in [0.1, 0.15) is 13.3 Å². The lowest BCUT2D eigenvalue weighted by molar-refractivity contribution is -0.156. The second-order valence-electron chi connectivity index (χ2n) is 6.04. The Balaban J connectivity index is 1.63. The van der Waals surface area contributed by atoms with Crippen LogP contribution in [0.3, 0.4) is 0 Å². The summed E-state index contributed by atoms with van der Waals surface area (Å²) in [5.74, 6) is -0.916. The van der Waals surface area contributed by atoms with Crippen LogP contribution in [-0.4, -0.2) is 52.2 Å². The maximum Gasteiger partial charge on any atom is 0.317 e. The Morgan fingerprint density at radius 2 is 2.14 bits per heavy atom. The Morgan fingerprint density at radius 1 is 1.36 bits per heavy atom. The number of fused-ring (bicyclic) bond motifs is 3. The van der Waals surface area contributed by atoms with Crippen molar-refractivity contribution in [2.45, 2.75) is 24.5 Å². The molecular weight excluding hydrogens is 380 g/mol. The van der Waals surface area contributed by atoms with Gasteiger partial charge in [0.15, 0.2) is 11.7 Å². The summed E-state index contributed by atoms with van der Waals surface area (Å²) in [4.78, 5) is 34.1. The fourth-order valence-corrected chi connectivity index (χ4v) is 3.37. The SMILES string of the molecule is C[C@H](OC(=O)CSc1ncnc2c1oc1ccccc12)C(=O)N(C)CCC#N. The Bertz CT molecular complexity index is 1060. The number of furan rings is 1. The van der Waals surface area contributed by atoms with Gasteiger partial charge in [-0.2, -0.15) is 5.26 Å². The van der Waals surface area contributed by atoms with Crippen molar-refractivity contribution in [3.05, 3.63) is 30.6 Å². The summed E-state index contributed by atoms with van der Waals surface area (Å²) in [7, 11) is 1.57. The Morgan fingerprint density at radius 3 is 2.93 bits per heavy atom. The summed E-state index contributed by atoms with van der Waals surface area (Å²) >= 11 is 1.16. The molecule has 0 aliphatic carbocycles. The number of likely N-dealkylation sites (N-methyl/N-ethyl adjacent to an activating group) is 1. The van der Waals surface area contributed by atoms with Crippen molar-refractivity contribution in [3.8, 4) is 6.07 Å². The van der Waals surface area contributed by atoms with Crippen LogP contribution in [0.4, 0.5) is 0 Å². The zero-order valence-corrected chi connectivity index (χ0v) is 16.2. The second-order valence-corrected chi connectivity index (χ2v) is 7.01. The molecule has 1 aromatic carbocycles. The van der Waals surface area contributed by atoms with E-state index in [0.717, 1.165) is 17.1 Å². The predicted octanol–water partition coefficient (Wildman–Crippen LogP) is 2.77. The summed E-state index contributed by atoms with van der Waals surface area (Å²) in [6.45, 7) is 1.80. The van der Waals surface area contributed by atoms with Crippen LogP contribution in [0.5, 0.6) is 0 Å². The van der Waals surface area contributed by atoms with Crippen LogP contribution in [0.15, 0.2) is 40.0 Å². The number of amides is 1. The van der Waals surface area contributed by atoms with Gasteiger partial charge in [0.1, 0.15) is 22.5 Å². The minimum atomic E-state index is -0.923. The largest absolute Gasteiger partial charge is 0.452 e. The highest BCUT2D eigenvalue weighted by atomic mass is 32.2. The minimum Gasteiger partial charge on any atom is -0.452 e. The molecule has 2 heterocycles. The number of thioether (sulfide) groups is 1. The van der Waals surface area contributed by atoms with Crippen molar-refractivity contribution >= 4 is 45.7 Å². The molecule has 1 amide bonds. The van der Waals surface area contributed by atoms with Gasteiger partial charge in [0.05, 0.1) is 18.2 Å². The van der Waals surface area contributed by atoms with Gasteiger partial charge in [0.25, 0.3) is 5.91 Å². The number of benzene rings is 1. The van der Waals surface area contributed by atoms with E-state index < -0.39 is 12.1 Å². The van der Waals surface area contributed by atoms with Crippen molar-refractivity contribution in [3.63, 3.8) is 0 Å². The number of para-hydroxylation sites is 1. The van der Waals surface area contributed by atoms with E-state index in [4.69, 9.17) is 14.4 Å². The quantitative estimate of drug-likeness (QED) is 0.339. The number of carbonyl (C=O) groups excluding carboxylic acids is 2. The van der Waals surface area contributed by atoms with Gasteiger partial charge in [-0.3, -0.25) is 9.59 Å². The van der Waals surface area contributed by atoms with Gasteiger partial charge in [-0.1, -0.05) is 23.9 Å². The number of esters is 1. The number of hydrogen-bond donors (Lipinski definition) is 0. The third-order valence-corrected chi connectivity index (χ3v) is 4.99. The van der Waals surface area contributed by atoms with E-state index in [-0.39, 0.29) is 24.6 Å². The van der Waals surface area contributed by atoms with Gasteiger partial charge in [-0.05, 0) is 19.1 Å². The fraction of sp³-hybridized carbons (Fsp3) is 0.316. The summed E-state index contributed by atoms with van der Waals surface area (Å²) < 4.78 is 11.0. The van der Waals surface area contributed by atoms with E-state index in [1.54, 1.807) is 7.05 Å². The molecule has 0 fully saturated rings. The van der Waals surface area contributed by atoms with Gasteiger partial charge in [0, 0.05) is 19.0 Å². The average Bonchev–Trinajstić information content (AvgIpc) is 3.09. The van der Waals surface area contributed by atoms with E-state index in [1.165, 1.54) is 18.2 Å². The zero-order chi connectivity index (χ0) is 20.1. The van der Waals surface area contributed by atoms with Crippen LogP contribution < -0.4 is 0 Å². The number of carbonyl (C=O) groups is 2. The van der Waals surface area contributed by atoms with Gasteiger partial charge in [-0.25, -0.2) is 9.97 Å². The summed E-state index contributed by atoms with van der Waals surface area (Å²) in [5, 5.41) is 10.00. The van der Waals surface area contributed by atoms with Crippen molar-refractivity contribution in [2.75, 3.05) is 19.3 Å². The number of ether oxygens (including phenoxy) is 1. The molecule has 28 heavy (non-hydrogen) atoms. The molecule has 9 heteroatoms. The number of nitrogens with zero attached hydrogens (tertiary/aromatic N) is 4. The third-order valence-electron chi connectivity index (χ3n) is 4.04. The molecule has 0 N–H and O–H groups in total. The van der Waals surface area contributed by atoms with Gasteiger partial charge in [0.2, 0.25) is 0 Å². The van der Waals surface area contributed by atoms with E-state index in [9.17, 15) is 9.59 Å². The lowest BCUT2D eigenvalue weighted by Gasteiger charge is -2.20. The Labute approximate surface area is 165 Å². The van der Waals surface area contributed by atoms with Crippen LogP contribution >= 0.6 is 11.8 Å². The topological polar surface area (TPSA) is 109 Å². The molecule has 0 unspecified atom stereocenters. The Kier molecular flexibility index (Phi) is 6.11. The summed E-state index contributed by atoms with van der Waals surface area (Å²) in [6.07, 6.45) is 0.724. The minimum absolute atomic E-state index is 0.0251. The van der Waals surface area contributed by atoms with Crippen LogP contribution in [0.2, 0.25) is 0 Å². The maximum absolute atomic E-state index is 12.1. The van der Waals surface area contributed by atoms with Crippen molar-refractivity contribution in [2.24, 2.45) is 0 Å². The third kappa shape index (κ3) is 4.23. The maximum atomic E-state index is 12.1. The standard InChI is InChI=1S/C19H18N4O4S/c1-12(19(25)23(2)9-5-8-20)26-15(24)10-28-18-17-16(21-11-22-18)13-6-3-4-7-14(13)27-17/h3-4,6-7,11-12H,5,9-10H2,1-2H3/t12-/m0/s1. The molecule has 144 valence electrons. The monoisotopic (exact) mass is 398 g/mol. The molecule has 3 aromatic rings. The van der Waals surface area contributed by atoms with Crippen LogP contribution in [0.25, 0.3) is 22.1 Å². The number of rotatable bonds is 7. The molecule has 0 spiro atoms. The summed E-state index contributed by atoms with van der Waals surface area (Å²) in [5.41, 5.74) is 1.90. The molecule has 2 aromatic heterocycles. The first-order valence-electron chi connectivity index (χ1n) is 8.57. The molecule has 0 aliphatic heterocycles. The predicted molar refractivity (Wildman–Crippen MR) is 103 cm³/mol. The summed E-state index contributed by atoms with van der Waals surface area (Å²) in [6, 6.07) is 9.49. The number of nitriles is 1. The molecule has 0 radical (unpaired) electrons. The molecule has 0 bridgehead atoms. The van der Waals surface area contributed by atoms with Gasteiger partial charge < -0.3 is 14.1 Å². The van der Waals surface area contributed by atoms with E-state index in [1.807, 2.05) is 30.3 Å². The van der Waals surface area contributed by atoms with Gasteiger partial charge in [-0.15, -0.1) is 0 Å². The number of aromatic nitrogens is 2. The first-order chi connectivity index (χ1) is 13.5. The highest BCUT2D eigenvalue weighted by Gasteiger charge is 2.22. The van der Waals surface area contributed by atoms with Crippen molar-refractivity contribution < 1.29 is 18.7 Å². The van der Waals surface area contributed by atoms with E-state index in [0.29, 0.717) is 21.7 Å². The molecule has 8 nitrogen and oxygen atoms in total. The van der Waals surface area contributed by atoms with E-state index in [2.05, 4.69) is 9.97 Å². The first kappa shape index (κ1) is 19.6. The highest BCUT2D eigenvalue weighted by molar-refractivity contribution is 8.00. The molecule has 3 rings (SSSR count). The zero-order valence-electron chi connectivity index (χ0n) is 15.4. The van der Waals surface area contributed by atoms with Crippen LogP contribution in [0, 0.1) is 11.3 Å². The molecule has 0 saturated carbocycles. The lowest BCUT2D eigenvalue weighted by atomic mass is 10.2. The number of hydrogen-bond acceptors (Lipinski definition) is 8. The van der Waals surface area contributed by atoms with E-state index >= 15 is 0 Å². The molecule has 0 aliphatic rings.